The van der Waals surface area contributed by atoms with Crippen molar-refractivity contribution in [3.63, 3.8) is 0 Å². The Hall–Kier alpha value is -1.82. The molecule has 25 heavy (non-hydrogen) atoms. The molecule has 0 saturated carbocycles. The molecule has 0 bridgehead atoms. The Morgan fingerprint density at radius 1 is 1.08 bits per heavy atom. The second-order valence-electron chi connectivity index (χ2n) is 6.55. The molecule has 1 saturated heterocycles. The van der Waals surface area contributed by atoms with Gasteiger partial charge in [-0.2, -0.15) is 0 Å². The number of rotatable bonds is 5. The highest BCUT2D eigenvalue weighted by Crippen LogP contribution is 2.33. The van der Waals surface area contributed by atoms with E-state index in [0.717, 1.165) is 28.6 Å². The summed E-state index contributed by atoms with van der Waals surface area (Å²) >= 11 is 1.66. The first-order valence-corrected chi connectivity index (χ1v) is 9.52. The molecule has 1 fully saturated rings. The molecule has 0 spiro atoms. The van der Waals surface area contributed by atoms with Gasteiger partial charge in [-0.25, -0.2) is 0 Å². The van der Waals surface area contributed by atoms with Gasteiger partial charge in [0, 0.05) is 9.79 Å². The fourth-order valence-corrected chi connectivity index (χ4v) is 4.15. The van der Waals surface area contributed by atoms with E-state index in [9.17, 15) is 4.79 Å². The van der Waals surface area contributed by atoms with Gasteiger partial charge >= 0.3 is 0 Å². The number of quaternary nitrogens is 1. The number of carbonyl (C=O) groups excluding carboxylic acids is 1. The molecular formula is C20H25N2O2S+. The molecule has 1 heterocycles. The van der Waals surface area contributed by atoms with E-state index >= 15 is 0 Å². The number of morpholine rings is 1. The standard InChI is InChI=1S/C20H24N2O2S/c1-15-12-22(13-16(2)24-15)14-20(23)21-18-10-6-7-11-19(18)25-17-8-4-3-5-9-17/h3-11,15-16H,12-14H2,1-2H3,(H,21,23)/p+1/t15-,16+. The molecule has 132 valence electrons. The SMILES string of the molecule is C[C@@H]1C[NH+](CC(=O)Nc2ccccc2Sc2ccccc2)C[C@H](C)O1. The number of ether oxygens (including phenoxy) is 1. The van der Waals surface area contributed by atoms with E-state index in [0.29, 0.717) is 6.54 Å². The van der Waals surface area contributed by atoms with Gasteiger partial charge in [-0.05, 0) is 38.1 Å². The van der Waals surface area contributed by atoms with Crippen molar-refractivity contribution in [2.75, 3.05) is 25.0 Å². The number of hydrogen-bond acceptors (Lipinski definition) is 3. The summed E-state index contributed by atoms with van der Waals surface area (Å²) < 4.78 is 5.75. The first-order valence-electron chi connectivity index (χ1n) is 8.71. The monoisotopic (exact) mass is 357 g/mol. The molecule has 1 unspecified atom stereocenters. The summed E-state index contributed by atoms with van der Waals surface area (Å²) in [6.45, 7) is 6.36. The molecule has 3 atom stereocenters. The van der Waals surface area contributed by atoms with Gasteiger partial charge in [-0.3, -0.25) is 4.79 Å². The third-order valence-electron chi connectivity index (χ3n) is 4.16. The third kappa shape index (κ3) is 5.33. The quantitative estimate of drug-likeness (QED) is 0.864. The van der Waals surface area contributed by atoms with Crippen LogP contribution in [0.4, 0.5) is 5.69 Å². The van der Waals surface area contributed by atoms with Crippen LogP contribution in [0.3, 0.4) is 0 Å². The van der Waals surface area contributed by atoms with Crippen molar-refractivity contribution in [2.24, 2.45) is 0 Å². The minimum absolute atomic E-state index is 0.0532. The number of hydrogen-bond donors (Lipinski definition) is 2. The van der Waals surface area contributed by atoms with Crippen LogP contribution < -0.4 is 10.2 Å². The zero-order valence-corrected chi connectivity index (χ0v) is 15.5. The molecule has 2 aromatic carbocycles. The summed E-state index contributed by atoms with van der Waals surface area (Å²) in [7, 11) is 0. The van der Waals surface area contributed by atoms with Gasteiger partial charge < -0.3 is 15.0 Å². The number of benzene rings is 2. The molecule has 1 aliphatic rings. The highest BCUT2D eigenvalue weighted by molar-refractivity contribution is 7.99. The Balaban J connectivity index is 1.63. The summed E-state index contributed by atoms with van der Waals surface area (Å²) in [5.41, 5.74) is 0.870. The van der Waals surface area contributed by atoms with E-state index in [1.165, 1.54) is 4.90 Å². The minimum Gasteiger partial charge on any atom is -0.364 e. The molecule has 0 aromatic heterocycles. The average Bonchev–Trinajstić information content (AvgIpc) is 2.56. The highest BCUT2D eigenvalue weighted by atomic mass is 32.2. The Morgan fingerprint density at radius 3 is 2.44 bits per heavy atom. The Morgan fingerprint density at radius 2 is 1.72 bits per heavy atom. The van der Waals surface area contributed by atoms with E-state index in [4.69, 9.17) is 4.74 Å². The van der Waals surface area contributed by atoms with Crippen molar-refractivity contribution in [2.45, 2.75) is 35.8 Å². The molecule has 0 aliphatic carbocycles. The molecule has 1 aliphatic heterocycles. The number of carbonyl (C=O) groups is 1. The highest BCUT2D eigenvalue weighted by Gasteiger charge is 2.27. The van der Waals surface area contributed by atoms with E-state index in [1.807, 2.05) is 42.5 Å². The summed E-state index contributed by atoms with van der Waals surface area (Å²) in [5.74, 6) is 0.0532. The summed E-state index contributed by atoms with van der Waals surface area (Å²) in [4.78, 5) is 16.0. The number of anilines is 1. The lowest BCUT2D eigenvalue weighted by Gasteiger charge is -2.31. The summed E-state index contributed by atoms with van der Waals surface area (Å²) in [5, 5.41) is 3.09. The fraction of sp³-hybridized carbons (Fsp3) is 0.350. The topological polar surface area (TPSA) is 42.8 Å². The van der Waals surface area contributed by atoms with Gasteiger partial charge in [0.15, 0.2) is 6.54 Å². The van der Waals surface area contributed by atoms with Crippen molar-refractivity contribution in [3.05, 3.63) is 54.6 Å². The minimum atomic E-state index is 0.0532. The van der Waals surface area contributed by atoms with Crippen molar-refractivity contribution in [1.29, 1.82) is 0 Å². The van der Waals surface area contributed by atoms with Gasteiger partial charge in [0.2, 0.25) is 0 Å². The van der Waals surface area contributed by atoms with Crippen molar-refractivity contribution in [1.82, 2.24) is 0 Å². The molecule has 2 N–H and O–H groups in total. The van der Waals surface area contributed by atoms with Gasteiger partial charge in [-0.15, -0.1) is 0 Å². The zero-order chi connectivity index (χ0) is 17.6. The predicted molar refractivity (Wildman–Crippen MR) is 101 cm³/mol. The maximum atomic E-state index is 12.5. The molecule has 5 heteroatoms. The molecule has 2 aromatic rings. The maximum absolute atomic E-state index is 12.5. The van der Waals surface area contributed by atoms with Gasteiger partial charge in [-0.1, -0.05) is 42.1 Å². The van der Waals surface area contributed by atoms with Crippen LogP contribution in [0.25, 0.3) is 0 Å². The van der Waals surface area contributed by atoms with Crippen LogP contribution in [0.5, 0.6) is 0 Å². The molecule has 0 radical (unpaired) electrons. The summed E-state index contributed by atoms with van der Waals surface area (Å²) in [6, 6.07) is 18.1. The summed E-state index contributed by atoms with van der Waals surface area (Å²) in [6.07, 6.45) is 0.403. The lowest BCUT2D eigenvalue weighted by atomic mass is 10.2. The van der Waals surface area contributed by atoms with E-state index in [-0.39, 0.29) is 18.1 Å². The van der Waals surface area contributed by atoms with E-state index in [2.05, 4.69) is 31.3 Å². The molecule has 1 amide bonds. The van der Waals surface area contributed by atoms with Gasteiger partial charge in [0.05, 0.1) is 5.69 Å². The van der Waals surface area contributed by atoms with Gasteiger partial charge in [0.25, 0.3) is 5.91 Å². The first-order chi connectivity index (χ1) is 12.1. The van der Waals surface area contributed by atoms with Crippen LogP contribution in [-0.2, 0) is 9.53 Å². The number of amides is 1. The Kier molecular flexibility index (Phi) is 6.13. The van der Waals surface area contributed by atoms with Crippen LogP contribution in [0.15, 0.2) is 64.4 Å². The Bertz CT molecular complexity index is 698. The average molecular weight is 357 g/mol. The molecule has 3 rings (SSSR count). The van der Waals surface area contributed by atoms with Crippen molar-refractivity contribution >= 4 is 23.4 Å². The van der Waals surface area contributed by atoms with Crippen LogP contribution in [-0.4, -0.2) is 37.7 Å². The first kappa shape index (κ1) is 18.0. The Labute approximate surface area is 153 Å². The second kappa shape index (κ2) is 8.52. The van der Waals surface area contributed by atoms with Crippen molar-refractivity contribution in [3.8, 4) is 0 Å². The van der Waals surface area contributed by atoms with Gasteiger partial charge in [0.1, 0.15) is 25.3 Å². The second-order valence-corrected chi connectivity index (χ2v) is 7.67. The van der Waals surface area contributed by atoms with E-state index in [1.54, 1.807) is 11.8 Å². The lowest BCUT2D eigenvalue weighted by Crippen LogP contribution is -3.16. The van der Waals surface area contributed by atoms with Crippen LogP contribution >= 0.6 is 11.8 Å². The van der Waals surface area contributed by atoms with Crippen molar-refractivity contribution < 1.29 is 14.4 Å². The van der Waals surface area contributed by atoms with E-state index < -0.39 is 0 Å². The molecule has 4 nitrogen and oxygen atoms in total. The van der Waals surface area contributed by atoms with Crippen LogP contribution in [0.1, 0.15) is 13.8 Å². The predicted octanol–water partition coefficient (Wildman–Crippen LogP) is 2.47. The zero-order valence-electron chi connectivity index (χ0n) is 14.7. The lowest BCUT2D eigenvalue weighted by molar-refractivity contribution is -0.907. The third-order valence-corrected chi connectivity index (χ3v) is 5.24. The smallest absolute Gasteiger partial charge is 0.279 e. The number of para-hydroxylation sites is 1. The number of nitrogens with one attached hydrogen (secondary N) is 2. The van der Waals surface area contributed by atoms with Crippen LogP contribution in [0.2, 0.25) is 0 Å². The molecular weight excluding hydrogens is 332 g/mol. The van der Waals surface area contributed by atoms with Crippen LogP contribution in [0, 0.1) is 0 Å². The maximum Gasteiger partial charge on any atom is 0.279 e. The largest absolute Gasteiger partial charge is 0.364 e. The fourth-order valence-electron chi connectivity index (χ4n) is 3.23. The normalized spacial score (nSPS) is 23.2.